The van der Waals surface area contributed by atoms with Gasteiger partial charge in [-0.1, -0.05) is 67.7 Å². The number of halogens is 1. The van der Waals surface area contributed by atoms with Gasteiger partial charge in [0.05, 0.1) is 9.80 Å². The van der Waals surface area contributed by atoms with Gasteiger partial charge in [-0.05, 0) is 47.7 Å². The molecular formula is C25H22FN3O4S2. The number of benzene rings is 2. The maximum absolute atomic E-state index is 13.3. The molecule has 10 heteroatoms. The van der Waals surface area contributed by atoms with Crippen LogP contribution >= 0.6 is 22.7 Å². The molecule has 0 fully saturated rings. The Morgan fingerprint density at radius 1 is 1.09 bits per heavy atom. The lowest BCUT2D eigenvalue weighted by Gasteiger charge is -2.23. The molecule has 0 bridgehead atoms. The number of aromatic nitrogens is 1. The zero-order valence-corrected chi connectivity index (χ0v) is 20.8. The van der Waals surface area contributed by atoms with Gasteiger partial charge in [0.15, 0.2) is 5.13 Å². The summed E-state index contributed by atoms with van der Waals surface area (Å²) in [6.07, 6.45) is 0.985. The third kappa shape index (κ3) is 5.55. The third-order valence-corrected chi connectivity index (χ3v) is 7.54. The van der Waals surface area contributed by atoms with Crippen LogP contribution in [0.2, 0.25) is 0 Å². The van der Waals surface area contributed by atoms with E-state index in [9.17, 15) is 19.3 Å². The van der Waals surface area contributed by atoms with Crippen LogP contribution in [0.1, 0.15) is 42.4 Å². The van der Waals surface area contributed by atoms with Crippen LogP contribution in [0.3, 0.4) is 0 Å². The summed E-state index contributed by atoms with van der Waals surface area (Å²) in [4.78, 5) is 27.8. The smallest absolute Gasteiger partial charge is 0.324 e. The second-order valence-corrected chi connectivity index (χ2v) is 10.4. The first-order chi connectivity index (χ1) is 16.7. The molecule has 0 atom stereocenters. The van der Waals surface area contributed by atoms with Gasteiger partial charge in [-0.3, -0.25) is 20.2 Å². The van der Waals surface area contributed by atoms with E-state index in [0.717, 1.165) is 34.7 Å². The maximum Gasteiger partial charge on any atom is 0.324 e. The van der Waals surface area contributed by atoms with Crippen LogP contribution in [0.4, 0.5) is 14.5 Å². The van der Waals surface area contributed by atoms with Gasteiger partial charge in [-0.15, -0.1) is 0 Å². The number of carbonyl (C=O) groups excluding carboxylic acids is 1. The fraction of sp³-hybridized carbons (Fsp3) is 0.200. The number of nitro groups is 1. The molecular weight excluding hydrogens is 489 g/mol. The van der Waals surface area contributed by atoms with E-state index in [1.807, 2.05) is 24.3 Å². The van der Waals surface area contributed by atoms with Crippen LogP contribution in [-0.2, 0) is 5.41 Å². The fourth-order valence-corrected chi connectivity index (χ4v) is 4.78. The van der Waals surface area contributed by atoms with E-state index >= 15 is 0 Å². The summed E-state index contributed by atoms with van der Waals surface area (Å²) < 4.78 is 19.3. The number of hydrogen-bond donors (Lipinski definition) is 1. The van der Waals surface area contributed by atoms with Crippen LogP contribution in [0.25, 0.3) is 11.3 Å². The summed E-state index contributed by atoms with van der Waals surface area (Å²) in [5.41, 5.74) is 2.53. The summed E-state index contributed by atoms with van der Waals surface area (Å²) in [7, 11) is 0. The molecule has 0 spiro atoms. The minimum Gasteiger partial charge on any atom is -0.444 e. The third-order valence-electron chi connectivity index (χ3n) is 5.66. The van der Waals surface area contributed by atoms with Crippen molar-refractivity contribution in [2.45, 2.75) is 32.6 Å². The Kier molecular flexibility index (Phi) is 6.95. The van der Waals surface area contributed by atoms with Crippen LogP contribution in [0.5, 0.6) is 10.8 Å². The Morgan fingerprint density at radius 2 is 1.77 bits per heavy atom. The first-order valence-electron chi connectivity index (χ1n) is 10.8. The highest BCUT2D eigenvalue weighted by Crippen LogP contribution is 2.41. The minimum absolute atomic E-state index is 0.0243. The summed E-state index contributed by atoms with van der Waals surface area (Å²) in [5.74, 6) is -0.461. The summed E-state index contributed by atoms with van der Waals surface area (Å²) in [5, 5.41) is 14.2. The quantitative estimate of drug-likeness (QED) is 0.194. The van der Waals surface area contributed by atoms with Crippen LogP contribution in [0, 0.1) is 15.9 Å². The molecule has 4 rings (SSSR count). The number of nitrogens with one attached hydrogen (secondary N) is 1. The van der Waals surface area contributed by atoms with Crippen molar-refractivity contribution >= 4 is 38.7 Å². The van der Waals surface area contributed by atoms with Gasteiger partial charge in [-0.2, -0.15) is 0 Å². The van der Waals surface area contributed by atoms with Gasteiger partial charge >= 0.3 is 5.00 Å². The van der Waals surface area contributed by atoms with Gasteiger partial charge < -0.3 is 4.74 Å². The van der Waals surface area contributed by atoms with Crippen molar-refractivity contribution < 1.29 is 18.8 Å². The molecule has 4 aromatic rings. The molecule has 35 heavy (non-hydrogen) atoms. The molecule has 0 saturated carbocycles. The first-order valence-corrected chi connectivity index (χ1v) is 12.4. The minimum atomic E-state index is -0.541. The van der Waals surface area contributed by atoms with Gasteiger partial charge in [0, 0.05) is 11.6 Å². The first kappa shape index (κ1) is 24.5. The second kappa shape index (κ2) is 9.93. The predicted octanol–water partition coefficient (Wildman–Crippen LogP) is 7.65. The molecule has 0 aliphatic heterocycles. The van der Waals surface area contributed by atoms with Crippen molar-refractivity contribution in [1.82, 2.24) is 4.98 Å². The Labute approximate surface area is 209 Å². The lowest BCUT2D eigenvalue weighted by Crippen LogP contribution is -2.14. The topological polar surface area (TPSA) is 94.4 Å². The highest BCUT2D eigenvalue weighted by atomic mass is 32.1. The normalized spacial score (nSPS) is 11.3. The van der Waals surface area contributed by atoms with E-state index in [-0.39, 0.29) is 26.2 Å². The molecule has 2 aromatic heterocycles. The summed E-state index contributed by atoms with van der Waals surface area (Å²) in [6.45, 7) is 6.49. The molecule has 2 aromatic carbocycles. The zero-order valence-electron chi connectivity index (χ0n) is 19.2. The molecule has 1 amide bonds. The van der Waals surface area contributed by atoms with Crippen molar-refractivity contribution in [3.8, 4) is 22.1 Å². The average molecular weight is 512 g/mol. The Hall–Kier alpha value is -3.63. The number of ether oxygens (including phenoxy) is 1. The van der Waals surface area contributed by atoms with Crippen molar-refractivity contribution in [2.75, 3.05) is 5.32 Å². The van der Waals surface area contributed by atoms with E-state index in [4.69, 9.17) is 4.74 Å². The van der Waals surface area contributed by atoms with Crippen LogP contribution in [0.15, 0.2) is 60.7 Å². The van der Waals surface area contributed by atoms with Crippen molar-refractivity contribution in [1.29, 1.82) is 0 Å². The van der Waals surface area contributed by atoms with E-state index in [0.29, 0.717) is 16.5 Å². The number of nitrogens with zero attached hydrogens (tertiary/aromatic N) is 2. The zero-order chi connectivity index (χ0) is 25.2. The van der Waals surface area contributed by atoms with Crippen molar-refractivity contribution in [3.63, 3.8) is 0 Å². The number of rotatable bonds is 8. The molecule has 7 nitrogen and oxygen atoms in total. The number of amides is 1. The molecule has 0 unspecified atom stereocenters. The Morgan fingerprint density at radius 3 is 2.37 bits per heavy atom. The SMILES string of the molecule is CCC(C)(C)c1ccc(-c2nc(NC(=O)c3ccc([N+](=O)[O-])s3)sc2Oc2ccc(F)cc2)cc1. The van der Waals surface area contributed by atoms with E-state index in [1.54, 1.807) is 0 Å². The van der Waals surface area contributed by atoms with Gasteiger partial charge in [0.1, 0.15) is 17.3 Å². The Balaban J connectivity index is 1.66. The van der Waals surface area contributed by atoms with Gasteiger partial charge in [0.2, 0.25) is 5.06 Å². The molecule has 0 aliphatic rings. The van der Waals surface area contributed by atoms with E-state index < -0.39 is 10.8 Å². The monoisotopic (exact) mass is 511 g/mol. The van der Waals surface area contributed by atoms with E-state index in [2.05, 4.69) is 31.1 Å². The average Bonchev–Trinajstić information content (AvgIpc) is 3.48. The lowest BCUT2D eigenvalue weighted by atomic mass is 9.82. The van der Waals surface area contributed by atoms with Gasteiger partial charge in [0.25, 0.3) is 5.91 Å². The highest BCUT2D eigenvalue weighted by molar-refractivity contribution is 7.19. The molecule has 1 N–H and O–H groups in total. The fourth-order valence-electron chi connectivity index (χ4n) is 3.21. The number of anilines is 1. The van der Waals surface area contributed by atoms with E-state index in [1.165, 1.54) is 42.0 Å². The second-order valence-electron chi connectivity index (χ2n) is 8.37. The molecule has 0 radical (unpaired) electrons. The molecule has 2 heterocycles. The number of carbonyl (C=O) groups is 1. The highest BCUT2D eigenvalue weighted by Gasteiger charge is 2.22. The van der Waals surface area contributed by atoms with Crippen LogP contribution in [-0.4, -0.2) is 15.8 Å². The maximum atomic E-state index is 13.3. The molecule has 180 valence electrons. The Bertz CT molecular complexity index is 1360. The number of thiophene rings is 1. The largest absolute Gasteiger partial charge is 0.444 e. The summed E-state index contributed by atoms with van der Waals surface area (Å²) in [6, 6.07) is 16.3. The van der Waals surface area contributed by atoms with Crippen molar-refractivity contribution in [3.05, 3.63) is 87.0 Å². The molecule has 0 aliphatic carbocycles. The molecule has 0 saturated heterocycles. The number of thiazole rings is 1. The number of hydrogen-bond acceptors (Lipinski definition) is 7. The standard InChI is InChI=1S/C25H22FN3O4S2/c1-4-25(2,3)16-7-5-15(6-8-16)21-23(33-18-11-9-17(26)10-12-18)35-24(27-21)28-22(30)19-13-14-20(34-19)29(31)32/h5-14H,4H2,1-3H3,(H,27,28,30). The van der Waals surface area contributed by atoms with Gasteiger partial charge in [-0.25, -0.2) is 9.37 Å². The lowest BCUT2D eigenvalue weighted by molar-refractivity contribution is -0.380. The summed E-state index contributed by atoms with van der Waals surface area (Å²) >= 11 is 1.90. The van der Waals surface area contributed by atoms with Crippen molar-refractivity contribution in [2.24, 2.45) is 0 Å². The predicted molar refractivity (Wildman–Crippen MR) is 136 cm³/mol. The van der Waals surface area contributed by atoms with Crippen LogP contribution < -0.4 is 10.1 Å².